The van der Waals surface area contributed by atoms with Crippen LogP contribution in [0, 0.1) is 12.3 Å². The minimum absolute atomic E-state index is 0.242. The Morgan fingerprint density at radius 3 is 2.69 bits per heavy atom. The van der Waals surface area contributed by atoms with Gasteiger partial charge in [0.05, 0.1) is 24.6 Å². The number of aromatic nitrogens is 2. The Kier molecular flexibility index (Phi) is 3.21. The molecule has 1 unspecified atom stereocenters. The second-order valence-electron chi connectivity index (χ2n) is 4.93. The molecule has 1 aromatic heterocycles. The maximum absolute atomic E-state index is 5.23. The van der Waals surface area contributed by atoms with Gasteiger partial charge in [0.1, 0.15) is 0 Å². The van der Waals surface area contributed by atoms with E-state index in [2.05, 4.69) is 29.1 Å². The van der Waals surface area contributed by atoms with Crippen LogP contribution in [-0.4, -0.2) is 29.7 Å². The number of nitrogens with zero attached hydrogens (tertiary/aromatic N) is 2. The summed E-state index contributed by atoms with van der Waals surface area (Å²) in [6, 6.07) is 0.242. The summed E-state index contributed by atoms with van der Waals surface area (Å²) in [5.74, 6) is 0. The van der Waals surface area contributed by atoms with Gasteiger partial charge in [-0.25, -0.2) is 0 Å². The van der Waals surface area contributed by atoms with Gasteiger partial charge in [-0.05, 0) is 13.8 Å². The third-order valence-corrected chi connectivity index (χ3v) is 3.07. The first-order valence-corrected chi connectivity index (χ1v) is 5.69. The molecule has 16 heavy (non-hydrogen) atoms. The molecule has 0 aromatic carbocycles. The van der Waals surface area contributed by atoms with E-state index in [-0.39, 0.29) is 6.04 Å². The molecule has 1 aliphatic heterocycles. The van der Waals surface area contributed by atoms with Gasteiger partial charge in [0, 0.05) is 30.4 Å². The lowest BCUT2D eigenvalue weighted by molar-refractivity contribution is -0.0999. The Labute approximate surface area is 96.4 Å². The van der Waals surface area contributed by atoms with E-state index in [1.165, 1.54) is 0 Å². The molecule has 4 heteroatoms. The summed E-state index contributed by atoms with van der Waals surface area (Å²) in [6.45, 7) is 9.02. The fourth-order valence-electron chi connectivity index (χ4n) is 1.89. The van der Waals surface area contributed by atoms with Gasteiger partial charge in [0.2, 0.25) is 0 Å². The first kappa shape index (κ1) is 11.5. The van der Waals surface area contributed by atoms with E-state index < -0.39 is 0 Å². The van der Waals surface area contributed by atoms with Gasteiger partial charge in [0.15, 0.2) is 0 Å². The highest BCUT2D eigenvalue weighted by molar-refractivity contribution is 5.12. The third kappa shape index (κ3) is 2.39. The van der Waals surface area contributed by atoms with E-state index >= 15 is 0 Å². The quantitative estimate of drug-likeness (QED) is 0.836. The second-order valence-corrected chi connectivity index (χ2v) is 4.93. The Balaban J connectivity index is 1.93. The highest BCUT2D eigenvalue weighted by Crippen LogP contribution is 2.26. The zero-order valence-corrected chi connectivity index (χ0v) is 10.2. The predicted molar refractivity (Wildman–Crippen MR) is 62.1 cm³/mol. The van der Waals surface area contributed by atoms with Crippen LogP contribution in [0.2, 0.25) is 0 Å². The van der Waals surface area contributed by atoms with Crippen LogP contribution >= 0.6 is 0 Å². The maximum Gasteiger partial charge on any atom is 0.0782 e. The van der Waals surface area contributed by atoms with E-state index in [1.807, 2.05) is 6.92 Å². The van der Waals surface area contributed by atoms with Gasteiger partial charge in [-0.3, -0.25) is 9.97 Å². The lowest BCUT2D eigenvalue weighted by Crippen LogP contribution is -2.47. The fourth-order valence-corrected chi connectivity index (χ4v) is 1.89. The van der Waals surface area contributed by atoms with Gasteiger partial charge < -0.3 is 10.1 Å². The molecule has 1 atom stereocenters. The molecule has 0 radical (unpaired) electrons. The first-order chi connectivity index (χ1) is 7.61. The zero-order chi connectivity index (χ0) is 11.6. The lowest BCUT2D eigenvalue weighted by Gasteiger charge is -2.39. The molecule has 4 nitrogen and oxygen atoms in total. The average molecular weight is 221 g/mol. The Bertz CT molecular complexity index is 363. The SMILES string of the molecule is Cc1nccnc1C(C)NCC1(C)COC1. The minimum Gasteiger partial charge on any atom is -0.380 e. The van der Waals surface area contributed by atoms with E-state index in [0.717, 1.165) is 31.1 Å². The van der Waals surface area contributed by atoms with Crippen molar-refractivity contribution in [1.82, 2.24) is 15.3 Å². The number of aryl methyl sites for hydroxylation is 1. The molecule has 1 saturated heterocycles. The lowest BCUT2D eigenvalue weighted by atomic mass is 9.88. The van der Waals surface area contributed by atoms with Gasteiger partial charge in [-0.1, -0.05) is 6.92 Å². The zero-order valence-electron chi connectivity index (χ0n) is 10.2. The molecule has 1 N–H and O–H groups in total. The fraction of sp³-hybridized carbons (Fsp3) is 0.667. The van der Waals surface area contributed by atoms with E-state index in [1.54, 1.807) is 12.4 Å². The minimum atomic E-state index is 0.242. The molecule has 0 bridgehead atoms. The summed E-state index contributed by atoms with van der Waals surface area (Å²) >= 11 is 0. The van der Waals surface area contributed by atoms with Gasteiger partial charge in [0.25, 0.3) is 0 Å². The van der Waals surface area contributed by atoms with E-state index in [4.69, 9.17) is 4.74 Å². The molecule has 0 spiro atoms. The van der Waals surface area contributed by atoms with Crippen LogP contribution in [0.25, 0.3) is 0 Å². The van der Waals surface area contributed by atoms with E-state index in [0.29, 0.717) is 5.41 Å². The van der Waals surface area contributed by atoms with Crippen molar-refractivity contribution in [3.05, 3.63) is 23.8 Å². The molecule has 0 saturated carbocycles. The summed E-state index contributed by atoms with van der Waals surface area (Å²) in [5, 5.41) is 3.50. The van der Waals surface area contributed by atoms with Crippen molar-refractivity contribution in [1.29, 1.82) is 0 Å². The summed E-state index contributed by atoms with van der Waals surface area (Å²) in [4.78, 5) is 8.62. The van der Waals surface area contributed by atoms with Crippen molar-refractivity contribution in [2.45, 2.75) is 26.8 Å². The van der Waals surface area contributed by atoms with Crippen LogP contribution in [0.3, 0.4) is 0 Å². The topological polar surface area (TPSA) is 47.0 Å². The summed E-state index contributed by atoms with van der Waals surface area (Å²) in [7, 11) is 0. The predicted octanol–water partition coefficient (Wildman–Crippen LogP) is 1.47. The Morgan fingerprint density at radius 2 is 2.12 bits per heavy atom. The molecule has 2 rings (SSSR count). The highest BCUT2D eigenvalue weighted by atomic mass is 16.5. The van der Waals surface area contributed by atoms with Gasteiger partial charge in [-0.15, -0.1) is 0 Å². The Hall–Kier alpha value is -1.00. The van der Waals surface area contributed by atoms with Crippen molar-refractivity contribution >= 4 is 0 Å². The third-order valence-electron chi connectivity index (χ3n) is 3.07. The maximum atomic E-state index is 5.23. The number of nitrogens with one attached hydrogen (secondary N) is 1. The molecule has 1 aromatic rings. The highest BCUT2D eigenvalue weighted by Gasteiger charge is 2.33. The monoisotopic (exact) mass is 221 g/mol. The van der Waals surface area contributed by atoms with Crippen LogP contribution in [0.4, 0.5) is 0 Å². The molecule has 88 valence electrons. The molecular weight excluding hydrogens is 202 g/mol. The number of ether oxygens (including phenoxy) is 1. The summed E-state index contributed by atoms with van der Waals surface area (Å²) in [5.41, 5.74) is 2.33. The van der Waals surface area contributed by atoms with Crippen molar-refractivity contribution in [3.8, 4) is 0 Å². The smallest absolute Gasteiger partial charge is 0.0782 e. The van der Waals surface area contributed by atoms with Crippen LogP contribution in [0.1, 0.15) is 31.3 Å². The number of hydrogen-bond donors (Lipinski definition) is 1. The van der Waals surface area contributed by atoms with Gasteiger partial charge >= 0.3 is 0 Å². The molecular formula is C12H19N3O. The van der Waals surface area contributed by atoms with Crippen LogP contribution in [0.15, 0.2) is 12.4 Å². The Morgan fingerprint density at radius 1 is 1.44 bits per heavy atom. The van der Waals surface area contributed by atoms with E-state index in [9.17, 15) is 0 Å². The largest absolute Gasteiger partial charge is 0.380 e. The van der Waals surface area contributed by atoms with Crippen LogP contribution < -0.4 is 5.32 Å². The van der Waals surface area contributed by atoms with Gasteiger partial charge in [-0.2, -0.15) is 0 Å². The van der Waals surface area contributed by atoms with Crippen molar-refractivity contribution < 1.29 is 4.74 Å². The normalized spacial score (nSPS) is 20.2. The molecule has 2 heterocycles. The number of rotatable bonds is 4. The van der Waals surface area contributed by atoms with Crippen LogP contribution in [-0.2, 0) is 4.74 Å². The standard InChI is InChI=1S/C12H19N3O/c1-9-11(14-5-4-13-9)10(2)15-6-12(3)7-16-8-12/h4-5,10,15H,6-8H2,1-3H3. The van der Waals surface area contributed by atoms with Crippen molar-refractivity contribution in [2.24, 2.45) is 5.41 Å². The average Bonchev–Trinajstić information content (AvgIpc) is 2.24. The second kappa shape index (κ2) is 4.47. The molecule has 1 aliphatic rings. The van der Waals surface area contributed by atoms with Crippen molar-refractivity contribution in [2.75, 3.05) is 19.8 Å². The van der Waals surface area contributed by atoms with Crippen molar-refractivity contribution in [3.63, 3.8) is 0 Å². The summed E-state index contributed by atoms with van der Waals surface area (Å²) < 4.78 is 5.23. The molecule has 1 fully saturated rings. The van der Waals surface area contributed by atoms with Crippen LogP contribution in [0.5, 0.6) is 0 Å². The molecule has 0 amide bonds. The number of hydrogen-bond acceptors (Lipinski definition) is 4. The first-order valence-electron chi connectivity index (χ1n) is 5.69. The summed E-state index contributed by atoms with van der Waals surface area (Å²) in [6.07, 6.45) is 3.47. The molecule has 0 aliphatic carbocycles.